The molecule has 408 valence electrons. The molecule has 1 aliphatic carbocycles. The van der Waals surface area contributed by atoms with E-state index in [1.165, 1.54) is 11.1 Å². The molecule has 0 spiro atoms. The van der Waals surface area contributed by atoms with Crippen molar-refractivity contribution in [3.8, 4) is 12.8 Å². The van der Waals surface area contributed by atoms with Crippen LogP contribution in [0.15, 0.2) is 177 Å². The molecule has 1 saturated heterocycles. The maximum Gasteiger partial charge on any atom is 0.0691 e. The van der Waals surface area contributed by atoms with Crippen LogP contribution in [0.3, 0.4) is 0 Å². The molecule has 0 saturated carbocycles. The molecule has 74 heavy (non-hydrogen) atoms. The number of nitrogens with two attached hydrogens (primary N) is 2. The fourth-order valence-corrected chi connectivity index (χ4v) is 9.74. The molecule has 0 aromatic heterocycles. The van der Waals surface area contributed by atoms with Gasteiger partial charge >= 0.3 is 0 Å². The minimum atomic E-state index is -0.194. The zero-order valence-corrected chi connectivity index (χ0v) is 47.5. The van der Waals surface area contributed by atoms with Crippen LogP contribution >= 0.6 is 0 Å². The predicted octanol–water partition coefficient (Wildman–Crippen LogP) is 11.2. The first-order valence-electron chi connectivity index (χ1n) is 27.2. The van der Waals surface area contributed by atoms with Gasteiger partial charge in [-0.3, -0.25) is 0 Å². The summed E-state index contributed by atoms with van der Waals surface area (Å²) in [5, 5.41) is 26.4. The van der Waals surface area contributed by atoms with Gasteiger partial charge in [0, 0.05) is 76.8 Å². The van der Waals surface area contributed by atoms with Crippen molar-refractivity contribution in [3.63, 3.8) is 0 Å². The zero-order valence-electron chi connectivity index (χ0n) is 47.5. The Morgan fingerprint density at radius 1 is 0.703 bits per heavy atom. The van der Waals surface area contributed by atoms with Crippen LogP contribution in [-0.2, 0) is 6.42 Å². The van der Waals surface area contributed by atoms with Gasteiger partial charge in [0.25, 0.3) is 0 Å². The van der Waals surface area contributed by atoms with Crippen LogP contribution in [-0.4, -0.2) is 72.4 Å². The molecule has 1 fully saturated rings. The highest BCUT2D eigenvalue weighted by molar-refractivity contribution is 5.28. The lowest BCUT2D eigenvalue weighted by Crippen LogP contribution is -2.50. The molecule has 9 atom stereocenters. The third-order valence-corrected chi connectivity index (χ3v) is 14.2. The topological polar surface area (TPSA) is 139 Å². The quantitative estimate of drug-likeness (QED) is 0.0234. The van der Waals surface area contributed by atoms with Crippen LogP contribution in [0.4, 0.5) is 0 Å². The Morgan fingerprint density at radius 3 is 1.85 bits per heavy atom. The Morgan fingerprint density at radius 2 is 1.30 bits per heavy atom. The number of likely N-dealkylation sites (tertiary alicyclic amines) is 1. The molecule has 0 amide bonds. The Bertz CT molecular complexity index is 2140. The number of rotatable bonds is 37. The van der Waals surface area contributed by atoms with Crippen molar-refractivity contribution >= 4 is 0 Å². The van der Waals surface area contributed by atoms with E-state index >= 15 is 0 Å². The maximum atomic E-state index is 6.63. The zero-order chi connectivity index (χ0) is 55.7. The van der Waals surface area contributed by atoms with E-state index in [0.29, 0.717) is 37.4 Å². The summed E-state index contributed by atoms with van der Waals surface area (Å²) in [4.78, 5) is 2.43. The van der Waals surface area contributed by atoms with Crippen LogP contribution in [0.2, 0.25) is 0 Å². The molecule has 9 unspecified atom stereocenters. The fraction of sp³-hybridized carbons (Fsp3) is 0.500. The molecular formula is C64H102N10. The first-order chi connectivity index (χ1) is 35.1. The Kier molecular flexibility index (Phi) is 28.6. The van der Waals surface area contributed by atoms with E-state index in [4.69, 9.17) is 24.6 Å². The lowest BCUT2D eigenvalue weighted by atomic mass is 9.96. The molecule has 3 rings (SSSR count). The highest BCUT2D eigenvalue weighted by Crippen LogP contribution is 2.30. The largest absolute Gasteiger partial charge is 0.403 e. The van der Waals surface area contributed by atoms with Gasteiger partial charge in [0.2, 0.25) is 0 Å². The summed E-state index contributed by atoms with van der Waals surface area (Å²) in [6.07, 6.45) is 24.1. The first kappa shape index (κ1) is 64.1. The summed E-state index contributed by atoms with van der Waals surface area (Å²) in [6.45, 7) is 63.7. The van der Waals surface area contributed by atoms with E-state index in [-0.39, 0.29) is 60.3 Å². The Balaban J connectivity index is 0.00000925. The average molecular weight is 1010 g/mol. The van der Waals surface area contributed by atoms with E-state index in [1.54, 1.807) is 0 Å². The molecule has 10 nitrogen and oxygen atoms in total. The number of hydrogen-bond acceptors (Lipinski definition) is 10. The normalized spacial score (nSPS) is 17.3. The average Bonchev–Trinajstić information content (AvgIpc) is 3.86. The van der Waals surface area contributed by atoms with Gasteiger partial charge in [0.05, 0.1) is 36.3 Å². The van der Waals surface area contributed by atoms with Gasteiger partial charge in [0.15, 0.2) is 0 Å². The Labute approximate surface area is 452 Å². The number of allylic oxidation sites excluding steroid dienone is 4. The molecule has 1 aromatic rings. The smallest absolute Gasteiger partial charge is 0.0691 e. The van der Waals surface area contributed by atoms with Crippen molar-refractivity contribution < 1.29 is 0 Å². The number of benzene rings is 1. The van der Waals surface area contributed by atoms with Gasteiger partial charge in [-0.15, -0.1) is 19.4 Å². The Hall–Kier alpha value is -6.02. The minimum absolute atomic E-state index is 0.0228. The summed E-state index contributed by atoms with van der Waals surface area (Å²) >= 11 is 0. The second kappa shape index (κ2) is 33.0. The molecular weight excluding hydrogens is 909 g/mol. The van der Waals surface area contributed by atoms with Crippen molar-refractivity contribution in [2.75, 3.05) is 13.1 Å². The van der Waals surface area contributed by atoms with E-state index in [0.717, 1.165) is 109 Å². The fourth-order valence-electron chi connectivity index (χ4n) is 9.74. The van der Waals surface area contributed by atoms with Crippen molar-refractivity contribution in [2.24, 2.45) is 23.3 Å². The highest BCUT2D eigenvalue weighted by atomic mass is 15.2. The SMILES string of the molecule is C#C.C=C(C)CC(NCC(CC)NC(=C)C(N)CC1=CCCC=C1)C(=C)NC(CCC(=C)N)C(=C)NC(C(=C)N1CCCC1C(=C)NC(Cc1ccccc1)C(=C)NC(CC)C(=C)NC(C(=C)C)C(C)C)C(C)C. The molecule has 1 aromatic carbocycles. The molecule has 0 radical (unpaired) electrons. The first-order valence-corrected chi connectivity index (χ1v) is 27.2. The van der Waals surface area contributed by atoms with E-state index in [2.05, 4.69) is 212 Å². The van der Waals surface area contributed by atoms with E-state index in [1.807, 2.05) is 0 Å². The van der Waals surface area contributed by atoms with Crippen LogP contribution in [0.1, 0.15) is 125 Å². The number of hydrogen-bond donors (Lipinski definition) is 9. The van der Waals surface area contributed by atoms with Gasteiger partial charge in [-0.1, -0.05) is 166 Å². The standard InChI is InChI=1S/C62H100N10.C2H2/c1-19-54(66-45(12)55(64)37-52-28-23-21-24-29-52)39-65-58(36-40(3)4)48(15)68-57(34-33-44(11)63)47(14)71-62(43(9)10)51(18)72-35-27-32-60(72)50(17)69-59(38-53-30-25-22-26-31-53)49(16)67-56(20-2)46(13)70-61(41(5)6)42(7)8;1-2/h22-23,25-26,28-31,42-43,54-62,65-71H,3,5,11-21,24,27,32-39,63-64H2,1-2,4,6-10H3;1-2H. The monoisotopic (exact) mass is 1010 g/mol. The van der Waals surface area contributed by atoms with Crippen LogP contribution in [0.25, 0.3) is 0 Å². The van der Waals surface area contributed by atoms with Gasteiger partial charge in [0.1, 0.15) is 0 Å². The van der Waals surface area contributed by atoms with Gasteiger partial charge in [-0.25, -0.2) is 0 Å². The molecule has 0 bridgehead atoms. The molecule has 10 heteroatoms. The van der Waals surface area contributed by atoms with Crippen molar-refractivity contribution in [2.45, 2.75) is 180 Å². The third kappa shape index (κ3) is 21.4. The van der Waals surface area contributed by atoms with Crippen molar-refractivity contribution in [1.29, 1.82) is 0 Å². The van der Waals surface area contributed by atoms with Crippen LogP contribution in [0, 0.1) is 24.7 Å². The summed E-state index contributed by atoms with van der Waals surface area (Å²) in [5.74, 6) is 0.575. The predicted molar refractivity (Wildman–Crippen MR) is 323 cm³/mol. The van der Waals surface area contributed by atoms with E-state index in [9.17, 15) is 0 Å². The summed E-state index contributed by atoms with van der Waals surface area (Å²) in [6, 6.07) is 10.1. The number of nitrogens with zero attached hydrogens (tertiary/aromatic N) is 1. The van der Waals surface area contributed by atoms with Crippen molar-refractivity contribution in [1.82, 2.24) is 42.1 Å². The second-order valence-corrected chi connectivity index (χ2v) is 21.4. The maximum absolute atomic E-state index is 6.63. The summed E-state index contributed by atoms with van der Waals surface area (Å²) in [5.41, 5.74) is 24.4. The number of nitrogens with one attached hydrogen (secondary N) is 7. The highest BCUT2D eigenvalue weighted by Gasteiger charge is 2.34. The lowest BCUT2D eigenvalue weighted by molar-refractivity contribution is 0.285. The molecule has 1 heterocycles. The molecule has 1 aliphatic heterocycles. The van der Waals surface area contributed by atoms with Crippen LogP contribution < -0.4 is 48.7 Å². The molecule has 2 aliphatic rings. The van der Waals surface area contributed by atoms with Gasteiger partial charge in [-0.05, 0) is 102 Å². The molecule has 11 N–H and O–H groups in total. The van der Waals surface area contributed by atoms with E-state index < -0.39 is 0 Å². The van der Waals surface area contributed by atoms with Gasteiger partial charge < -0.3 is 53.6 Å². The second-order valence-electron chi connectivity index (χ2n) is 21.4. The van der Waals surface area contributed by atoms with Crippen LogP contribution in [0.5, 0.6) is 0 Å². The third-order valence-electron chi connectivity index (χ3n) is 14.2. The van der Waals surface area contributed by atoms with Gasteiger partial charge in [-0.2, -0.15) is 0 Å². The number of terminal acetylenes is 1. The summed E-state index contributed by atoms with van der Waals surface area (Å²) in [7, 11) is 0. The minimum Gasteiger partial charge on any atom is -0.403 e. The lowest BCUT2D eigenvalue weighted by Gasteiger charge is -2.39. The summed E-state index contributed by atoms with van der Waals surface area (Å²) < 4.78 is 0. The van der Waals surface area contributed by atoms with Crippen molar-refractivity contribution in [3.05, 3.63) is 182 Å².